The number of ether oxygens (including phenoxy) is 1. The Hall–Kier alpha value is -3.80. The fraction of sp³-hybridized carbons (Fsp3) is 0.154. The van der Waals surface area contributed by atoms with Crippen molar-refractivity contribution in [1.82, 2.24) is 10.3 Å². The number of hydrogen-bond acceptors (Lipinski definition) is 3. The topological polar surface area (TPSA) is 51.2 Å². The molecule has 32 heavy (non-hydrogen) atoms. The second kappa shape index (κ2) is 9.14. The first-order chi connectivity index (χ1) is 15.4. The molecule has 0 aliphatic heterocycles. The lowest BCUT2D eigenvalue weighted by atomic mass is 10.0. The minimum Gasteiger partial charge on any atom is -0.457 e. The molecule has 6 heteroatoms. The van der Waals surface area contributed by atoms with Crippen LogP contribution in [0.2, 0.25) is 0 Å². The van der Waals surface area contributed by atoms with Gasteiger partial charge in [-0.15, -0.1) is 0 Å². The molecule has 0 saturated heterocycles. The number of nitrogens with zero attached hydrogens (tertiary/aromatic N) is 1. The first-order valence-corrected chi connectivity index (χ1v) is 10.3. The Morgan fingerprint density at radius 3 is 2.62 bits per heavy atom. The molecule has 0 spiro atoms. The zero-order chi connectivity index (χ0) is 22.7. The van der Waals surface area contributed by atoms with Crippen molar-refractivity contribution < 1.29 is 18.3 Å². The van der Waals surface area contributed by atoms with Gasteiger partial charge in [-0.1, -0.05) is 31.2 Å². The minimum absolute atomic E-state index is 0.00703. The standard InChI is InChI=1S/C26H22F2N2O2/c1-16-5-3-6-22(16)24-14-21(9-10-29-24)32-25-8-4-7-23(17(25)2)26(31)30-15-18-11-19(27)13-20(28)12-18/h3-14,16H,15H2,1-2H3,(H,30,31). The highest BCUT2D eigenvalue weighted by Crippen LogP contribution is 2.32. The van der Waals surface area contributed by atoms with E-state index in [9.17, 15) is 13.6 Å². The van der Waals surface area contributed by atoms with Crippen LogP contribution in [0.25, 0.3) is 5.57 Å². The van der Waals surface area contributed by atoms with Crippen molar-refractivity contribution in [2.45, 2.75) is 20.4 Å². The summed E-state index contributed by atoms with van der Waals surface area (Å²) in [6, 6.07) is 12.0. The molecule has 0 fully saturated rings. The van der Waals surface area contributed by atoms with Crippen molar-refractivity contribution in [1.29, 1.82) is 0 Å². The second-order valence-electron chi connectivity index (χ2n) is 7.66. The first-order valence-electron chi connectivity index (χ1n) is 10.3. The number of pyridine rings is 1. The summed E-state index contributed by atoms with van der Waals surface area (Å²) in [6.07, 6.45) is 7.85. The third kappa shape index (κ3) is 4.75. The van der Waals surface area contributed by atoms with Crippen molar-refractivity contribution in [3.8, 4) is 11.5 Å². The smallest absolute Gasteiger partial charge is 0.251 e. The van der Waals surface area contributed by atoms with E-state index < -0.39 is 11.6 Å². The maximum absolute atomic E-state index is 13.4. The summed E-state index contributed by atoms with van der Waals surface area (Å²) in [5, 5.41) is 2.70. The number of allylic oxidation sites excluding steroid dienone is 4. The molecule has 2 aromatic carbocycles. The van der Waals surface area contributed by atoms with Gasteiger partial charge in [0, 0.05) is 41.9 Å². The van der Waals surface area contributed by atoms with Crippen molar-refractivity contribution >= 4 is 11.5 Å². The number of rotatable bonds is 6. The lowest BCUT2D eigenvalue weighted by molar-refractivity contribution is 0.0950. The van der Waals surface area contributed by atoms with Gasteiger partial charge >= 0.3 is 0 Å². The average molecular weight is 432 g/mol. The van der Waals surface area contributed by atoms with Crippen LogP contribution >= 0.6 is 0 Å². The Morgan fingerprint density at radius 1 is 1.12 bits per heavy atom. The van der Waals surface area contributed by atoms with Gasteiger partial charge in [0.15, 0.2) is 0 Å². The van der Waals surface area contributed by atoms with E-state index in [-0.39, 0.29) is 18.4 Å². The molecule has 1 aromatic heterocycles. The molecule has 4 rings (SSSR count). The molecule has 0 radical (unpaired) electrons. The van der Waals surface area contributed by atoms with Crippen LogP contribution in [-0.2, 0) is 6.54 Å². The number of halogens is 2. The molecular formula is C26H22F2N2O2. The minimum atomic E-state index is -0.684. The van der Waals surface area contributed by atoms with Gasteiger partial charge in [0.25, 0.3) is 5.91 Å². The summed E-state index contributed by atoms with van der Waals surface area (Å²) >= 11 is 0. The van der Waals surface area contributed by atoms with Gasteiger partial charge < -0.3 is 10.1 Å². The second-order valence-corrected chi connectivity index (χ2v) is 7.66. The molecule has 0 saturated carbocycles. The average Bonchev–Trinajstić information content (AvgIpc) is 3.19. The molecule has 1 aliphatic carbocycles. The monoisotopic (exact) mass is 432 g/mol. The maximum atomic E-state index is 13.4. The van der Waals surface area contributed by atoms with Crippen LogP contribution in [-0.4, -0.2) is 10.9 Å². The zero-order valence-electron chi connectivity index (χ0n) is 17.7. The van der Waals surface area contributed by atoms with Gasteiger partial charge in [-0.05, 0) is 48.4 Å². The summed E-state index contributed by atoms with van der Waals surface area (Å²) in [5.41, 5.74) is 3.38. The van der Waals surface area contributed by atoms with E-state index in [4.69, 9.17) is 4.74 Å². The predicted octanol–water partition coefficient (Wildman–Crippen LogP) is 5.98. The van der Waals surface area contributed by atoms with Crippen molar-refractivity contribution in [2.24, 2.45) is 5.92 Å². The summed E-state index contributed by atoms with van der Waals surface area (Å²) < 4.78 is 32.8. The summed E-state index contributed by atoms with van der Waals surface area (Å²) in [7, 11) is 0. The Balaban J connectivity index is 1.49. The van der Waals surface area contributed by atoms with Crippen LogP contribution in [0.3, 0.4) is 0 Å². The highest BCUT2D eigenvalue weighted by atomic mass is 19.1. The molecule has 1 amide bonds. The van der Waals surface area contributed by atoms with Gasteiger partial charge in [-0.2, -0.15) is 0 Å². The SMILES string of the molecule is Cc1c(Oc2ccnc(C3=CC=CC3C)c2)cccc1C(=O)NCc1cc(F)cc(F)c1. The Labute approximate surface area is 185 Å². The van der Waals surface area contributed by atoms with Crippen LogP contribution < -0.4 is 10.1 Å². The molecule has 3 aromatic rings. The van der Waals surface area contributed by atoms with Crippen LogP contribution in [0.4, 0.5) is 8.78 Å². The number of carbonyl (C=O) groups excluding carboxylic acids is 1. The highest BCUT2D eigenvalue weighted by molar-refractivity contribution is 5.96. The van der Waals surface area contributed by atoms with Crippen LogP contribution in [0.5, 0.6) is 11.5 Å². The van der Waals surface area contributed by atoms with Gasteiger partial charge in [0.05, 0.1) is 5.69 Å². The predicted molar refractivity (Wildman–Crippen MR) is 119 cm³/mol. The van der Waals surface area contributed by atoms with Crippen LogP contribution in [0.1, 0.15) is 34.1 Å². The summed E-state index contributed by atoms with van der Waals surface area (Å²) in [6.45, 7) is 3.90. The molecule has 162 valence electrons. The number of hydrogen-bond donors (Lipinski definition) is 1. The lowest BCUT2D eigenvalue weighted by Gasteiger charge is -2.14. The molecule has 4 nitrogen and oxygen atoms in total. The largest absolute Gasteiger partial charge is 0.457 e. The van der Waals surface area contributed by atoms with Crippen LogP contribution in [0.15, 0.2) is 73.0 Å². The molecule has 1 unspecified atom stereocenters. The summed E-state index contributed by atoms with van der Waals surface area (Å²) in [5.74, 6) is -0.279. The number of aromatic nitrogens is 1. The summed E-state index contributed by atoms with van der Waals surface area (Å²) in [4.78, 5) is 17.1. The molecule has 1 heterocycles. The zero-order valence-corrected chi connectivity index (χ0v) is 17.7. The highest BCUT2D eigenvalue weighted by Gasteiger charge is 2.16. The van der Waals surface area contributed by atoms with Crippen LogP contribution in [0, 0.1) is 24.5 Å². The lowest BCUT2D eigenvalue weighted by Crippen LogP contribution is -2.23. The number of nitrogens with one attached hydrogen (secondary N) is 1. The van der Waals surface area contributed by atoms with E-state index in [1.165, 1.54) is 12.1 Å². The van der Waals surface area contributed by atoms with Crippen molar-refractivity contribution in [2.75, 3.05) is 0 Å². The van der Waals surface area contributed by atoms with Gasteiger partial charge in [-0.3, -0.25) is 9.78 Å². The number of amides is 1. The third-order valence-corrected chi connectivity index (χ3v) is 5.33. The van der Waals surface area contributed by atoms with Crippen molar-refractivity contribution in [3.63, 3.8) is 0 Å². The molecular weight excluding hydrogens is 410 g/mol. The fourth-order valence-electron chi connectivity index (χ4n) is 3.62. The first kappa shape index (κ1) is 21.4. The Kier molecular flexibility index (Phi) is 6.12. The van der Waals surface area contributed by atoms with E-state index in [2.05, 4.69) is 23.3 Å². The molecule has 0 bridgehead atoms. The quantitative estimate of drug-likeness (QED) is 0.521. The van der Waals surface area contributed by atoms with E-state index in [0.717, 1.165) is 17.3 Å². The normalized spacial score (nSPS) is 14.9. The van der Waals surface area contributed by atoms with Gasteiger partial charge in [0.2, 0.25) is 0 Å². The molecule has 1 aliphatic rings. The van der Waals surface area contributed by atoms with Gasteiger partial charge in [-0.25, -0.2) is 8.78 Å². The van der Waals surface area contributed by atoms with E-state index in [1.54, 1.807) is 37.4 Å². The molecule has 1 N–H and O–H groups in total. The number of benzene rings is 2. The number of carbonyl (C=O) groups is 1. The maximum Gasteiger partial charge on any atom is 0.251 e. The Bertz CT molecular complexity index is 1210. The van der Waals surface area contributed by atoms with Gasteiger partial charge in [0.1, 0.15) is 23.1 Å². The van der Waals surface area contributed by atoms with Crippen molar-refractivity contribution in [3.05, 3.63) is 107 Å². The van der Waals surface area contributed by atoms with E-state index in [1.807, 2.05) is 18.2 Å². The van der Waals surface area contributed by atoms with E-state index in [0.29, 0.717) is 28.2 Å². The Morgan fingerprint density at radius 2 is 1.91 bits per heavy atom. The van der Waals surface area contributed by atoms with E-state index >= 15 is 0 Å². The molecule has 1 atom stereocenters. The third-order valence-electron chi connectivity index (χ3n) is 5.33. The fourth-order valence-corrected chi connectivity index (χ4v) is 3.62.